The van der Waals surface area contributed by atoms with Crippen molar-refractivity contribution in [3.8, 4) is 0 Å². The predicted molar refractivity (Wildman–Crippen MR) is 108 cm³/mol. The van der Waals surface area contributed by atoms with Crippen LogP contribution in [0, 0.1) is 6.92 Å². The smallest absolute Gasteiger partial charge is 0.306 e. The first-order valence-corrected chi connectivity index (χ1v) is 8.71. The van der Waals surface area contributed by atoms with E-state index in [1.165, 1.54) is 11.1 Å². The lowest BCUT2D eigenvalue weighted by atomic mass is 10.0. The number of aromatic amines is 1. The molecule has 0 bridgehead atoms. The predicted octanol–water partition coefficient (Wildman–Crippen LogP) is 4.86. The summed E-state index contributed by atoms with van der Waals surface area (Å²) in [7, 11) is 0. The van der Waals surface area contributed by atoms with Gasteiger partial charge in [-0.2, -0.15) is 0 Å². The van der Waals surface area contributed by atoms with Gasteiger partial charge >= 0.3 is 5.69 Å². The fourth-order valence-electron chi connectivity index (χ4n) is 3.23. The molecule has 4 aromatic rings. The van der Waals surface area contributed by atoms with Gasteiger partial charge in [0, 0.05) is 0 Å². The fourth-order valence-corrected chi connectivity index (χ4v) is 3.23. The Bertz CT molecular complexity index is 1150. The number of para-hydroxylation sites is 2. The Balaban J connectivity index is 1.71. The number of H-pyrrole nitrogens is 1. The average molecular weight is 340 g/mol. The summed E-state index contributed by atoms with van der Waals surface area (Å²) in [6.45, 7) is 2.65. The maximum absolute atomic E-state index is 12.4. The van der Waals surface area contributed by atoms with Crippen LogP contribution in [0.5, 0.6) is 0 Å². The van der Waals surface area contributed by atoms with E-state index in [-0.39, 0.29) is 5.69 Å². The van der Waals surface area contributed by atoms with E-state index in [1.807, 2.05) is 48.5 Å². The summed E-state index contributed by atoms with van der Waals surface area (Å²) in [5, 5.41) is 0. The molecular formula is C23H20N2O. The number of imidazole rings is 1. The molecule has 0 aliphatic carbocycles. The first kappa shape index (κ1) is 16.2. The second-order valence-corrected chi connectivity index (χ2v) is 6.42. The number of fused-ring (bicyclic) bond motifs is 1. The van der Waals surface area contributed by atoms with E-state index in [4.69, 9.17) is 0 Å². The van der Waals surface area contributed by atoms with Crippen LogP contribution in [0.4, 0.5) is 0 Å². The van der Waals surface area contributed by atoms with Crippen LogP contribution in [0.3, 0.4) is 0 Å². The van der Waals surface area contributed by atoms with E-state index in [0.717, 1.165) is 22.2 Å². The molecule has 0 aliphatic heterocycles. The molecule has 3 nitrogen and oxygen atoms in total. The molecule has 0 amide bonds. The van der Waals surface area contributed by atoms with Crippen molar-refractivity contribution in [3.63, 3.8) is 0 Å². The zero-order chi connectivity index (χ0) is 17.9. The van der Waals surface area contributed by atoms with Crippen molar-refractivity contribution in [2.45, 2.75) is 13.5 Å². The number of aryl methyl sites for hydroxylation is 1. The quantitative estimate of drug-likeness (QED) is 0.530. The highest BCUT2D eigenvalue weighted by atomic mass is 16.1. The first-order chi connectivity index (χ1) is 12.7. The lowest BCUT2D eigenvalue weighted by molar-refractivity contribution is 0.786. The van der Waals surface area contributed by atoms with Crippen LogP contribution in [0.25, 0.3) is 23.2 Å². The van der Waals surface area contributed by atoms with Crippen LogP contribution in [0.1, 0.15) is 22.3 Å². The maximum Gasteiger partial charge on any atom is 0.326 e. The first-order valence-electron chi connectivity index (χ1n) is 8.71. The second kappa shape index (κ2) is 6.89. The van der Waals surface area contributed by atoms with Crippen molar-refractivity contribution < 1.29 is 0 Å². The highest BCUT2D eigenvalue weighted by Crippen LogP contribution is 2.18. The number of rotatable bonds is 4. The van der Waals surface area contributed by atoms with Gasteiger partial charge in [-0.25, -0.2) is 4.79 Å². The molecule has 128 valence electrons. The molecule has 3 heteroatoms. The summed E-state index contributed by atoms with van der Waals surface area (Å²) in [6, 6.07) is 24.3. The maximum atomic E-state index is 12.4. The molecule has 0 unspecified atom stereocenters. The van der Waals surface area contributed by atoms with Gasteiger partial charge < -0.3 is 4.98 Å². The number of hydrogen-bond acceptors (Lipinski definition) is 1. The minimum atomic E-state index is -0.0797. The third kappa shape index (κ3) is 3.11. The van der Waals surface area contributed by atoms with Gasteiger partial charge in [-0.3, -0.25) is 4.57 Å². The summed E-state index contributed by atoms with van der Waals surface area (Å²) in [4.78, 5) is 15.3. The number of nitrogens with one attached hydrogen (secondary N) is 1. The van der Waals surface area contributed by atoms with E-state index in [2.05, 4.69) is 48.3 Å². The van der Waals surface area contributed by atoms with Crippen LogP contribution in [-0.4, -0.2) is 9.55 Å². The summed E-state index contributed by atoms with van der Waals surface area (Å²) in [6.07, 6.45) is 4.25. The van der Waals surface area contributed by atoms with E-state index in [1.54, 1.807) is 4.57 Å². The number of nitrogens with zero attached hydrogens (tertiary/aromatic N) is 1. The van der Waals surface area contributed by atoms with E-state index < -0.39 is 0 Å². The van der Waals surface area contributed by atoms with Crippen LogP contribution in [-0.2, 0) is 6.54 Å². The van der Waals surface area contributed by atoms with Gasteiger partial charge in [-0.05, 0) is 41.3 Å². The molecule has 0 spiro atoms. The van der Waals surface area contributed by atoms with Gasteiger partial charge in [0.2, 0.25) is 0 Å². The van der Waals surface area contributed by atoms with Crippen molar-refractivity contribution in [2.75, 3.05) is 0 Å². The Kier molecular flexibility index (Phi) is 4.28. The molecule has 0 atom stereocenters. The minimum absolute atomic E-state index is 0.0797. The SMILES string of the molecule is Cc1ccccc1/C=C/c1ccccc1Cn1c(=O)[nH]c2ccccc21. The van der Waals surface area contributed by atoms with E-state index in [0.29, 0.717) is 6.54 Å². The largest absolute Gasteiger partial charge is 0.326 e. The Morgan fingerprint density at radius 3 is 2.35 bits per heavy atom. The van der Waals surface area contributed by atoms with E-state index >= 15 is 0 Å². The molecule has 0 saturated carbocycles. The van der Waals surface area contributed by atoms with Crippen LogP contribution in [0.2, 0.25) is 0 Å². The molecular weight excluding hydrogens is 320 g/mol. The van der Waals surface area contributed by atoms with Crippen LogP contribution in [0.15, 0.2) is 77.6 Å². The molecule has 0 radical (unpaired) electrons. The van der Waals surface area contributed by atoms with Crippen LogP contribution < -0.4 is 5.69 Å². The summed E-state index contributed by atoms with van der Waals surface area (Å²) in [5.74, 6) is 0. The Labute approximate surface area is 152 Å². The average Bonchev–Trinajstić information content (AvgIpc) is 2.98. The Hall–Kier alpha value is -3.33. The van der Waals surface area contributed by atoms with Crippen molar-refractivity contribution in [3.05, 3.63) is 106 Å². The Morgan fingerprint density at radius 2 is 1.50 bits per heavy atom. The van der Waals surface area contributed by atoms with Gasteiger partial charge in [0.25, 0.3) is 0 Å². The zero-order valence-electron chi connectivity index (χ0n) is 14.6. The summed E-state index contributed by atoms with van der Waals surface area (Å²) < 4.78 is 1.79. The number of hydrogen-bond donors (Lipinski definition) is 1. The Morgan fingerprint density at radius 1 is 0.846 bits per heavy atom. The lowest BCUT2D eigenvalue weighted by Gasteiger charge is -2.08. The number of benzene rings is 3. The molecule has 1 N–H and O–H groups in total. The molecule has 26 heavy (non-hydrogen) atoms. The van der Waals surface area contributed by atoms with Gasteiger partial charge in [-0.1, -0.05) is 72.8 Å². The molecule has 0 saturated heterocycles. The van der Waals surface area contributed by atoms with E-state index in [9.17, 15) is 4.79 Å². The highest BCUT2D eigenvalue weighted by Gasteiger charge is 2.08. The fraction of sp³-hybridized carbons (Fsp3) is 0.0870. The van der Waals surface area contributed by atoms with Gasteiger partial charge in [0.05, 0.1) is 17.6 Å². The minimum Gasteiger partial charge on any atom is -0.306 e. The third-order valence-electron chi connectivity index (χ3n) is 4.70. The van der Waals surface area contributed by atoms with Crippen molar-refractivity contribution in [2.24, 2.45) is 0 Å². The second-order valence-electron chi connectivity index (χ2n) is 6.42. The number of aromatic nitrogens is 2. The van der Waals surface area contributed by atoms with Gasteiger partial charge in [0.15, 0.2) is 0 Å². The van der Waals surface area contributed by atoms with Crippen molar-refractivity contribution in [1.82, 2.24) is 9.55 Å². The molecule has 1 aromatic heterocycles. The molecule has 1 heterocycles. The van der Waals surface area contributed by atoms with Crippen molar-refractivity contribution in [1.29, 1.82) is 0 Å². The molecule has 3 aromatic carbocycles. The summed E-state index contributed by atoms with van der Waals surface area (Å²) >= 11 is 0. The lowest BCUT2D eigenvalue weighted by Crippen LogP contribution is -2.17. The van der Waals surface area contributed by atoms with Gasteiger partial charge in [0.1, 0.15) is 0 Å². The molecule has 0 aliphatic rings. The topological polar surface area (TPSA) is 37.8 Å². The normalized spacial score (nSPS) is 11.4. The summed E-state index contributed by atoms with van der Waals surface area (Å²) in [5.41, 5.74) is 6.39. The van der Waals surface area contributed by atoms with Crippen LogP contribution >= 0.6 is 0 Å². The molecule has 0 fully saturated rings. The van der Waals surface area contributed by atoms with Gasteiger partial charge in [-0.15, -0.1) is 0 Å². The zero-order valence-corrected chi connectivity index (χ0v) is 14.6. The standard InChI is InChI=1S/C23H20N2O/c1-17-8-2-3-9-18(17)14-15-19-10-4-5-11-20(19)16-25-22-13-7-6-12-21(22)24-23(25)26/h2-15H,16H2,1H3,(H,24,26)/b15-14+. The monoisotopic (exact) mass is 340 g/mol. The molecule has 4 rings (SSSR count). The van der Waals surface area contributed by atoms with Crippen molar-refractivity contribution >= 4 is 23.2 Å². The third-order valence-corrected chi connectivity index (χ3v) is 4.70. The highest BCUT2D eigenvalue weighted by molar-refractivity contribution is 5.76.